The lowest BCUT2D eigenvalue weighted by molar-refractivity contribution is 0.100. The normalized spacial score (nSPS) is 19.4. The van der Waals surface area contributed by atoms with Gasteiger partial charge in [-0.15, -0.1) is 0 Å². The maximum absolute atomic E-state index is 14.2. The Bertz CT molecular complexity index is 1090. The van der Waals surface area contributed by atoms with Gasteiger partial charge in [0.15, 0.2) is 5.65 Å². The number of primary amides is 1. The van der Waals surface area contributed by atoms with Gasteiger partial charge in [0.1, 0.15) is 23.4 Å². The standard InChI is InChI=1S/C18H14F2N6O/c19-12-4-10(7-21)3-11(5-12)15-6-13(20)9-25(15)16-1-2-26-18(24-16)14(8-23-26)17(22)27/h1-5,8,13,15H,6,9H2,(H2,22,27)/t13-,15+/m0/s1. The second-order valence-electron chi connectivity index (χ2n) is 6.36. The van der Waals surface area contributed by atoms with Crippen LogP contribution in [0.25, 0.3) is 5.65 Å². The lowest BCUT2D eigenvalue weighted by Gasteiger charge is -2.26. The second kappa shape index (κ2) is 6.32. The summed E-state index contributed by atoms with van der Waals surface area (Å²) >= 11 is 0. The number of hydrogen-bond donors (Lipinski definition) is 1. The number of nitrogens with zero attached hydrogens (tertiary/aromatic N) is 5. The highest BCUT2D eigenvalue weighted by molar-refractivity contribution is 5.98. The Kier molecular flexibility index (Phi) is 3.96. The number of halogens is 2. The molecule has 0 spiro atoms. The van der Waals surface area contributed by atoms with Crippen LogP contribution in [0.1, 0.15) is 33.9 Å². The van der Waals surface area contributed by atoms with Crippen LogP contribution in [0.3, 0.4) is 0 Å². The van der Waals surface area contributed by atoms with E-state index in [0.29, 0.717) is 11.4 Å². The topological polar surface area (TPSA) is 100 Å². The fourth-order valence-corrected chi connectivity index (χ4v) is 3.42. The van der Waals surface area contributed by atoms with E-state index in [9.17, 15) is 13.6 Å². The molecule has 3 aromatic rings. The van der Waals surface area contributed by atoms with Gasteiger partial charge in [-0.1, -0.05) is 0 Å². The van der Waals surface area contributed by atoms with Crippen LogP contribution in [0.4, 0.5) is 14.6 Å². The maximum Gasteiger partial charge on any atom is 0.254 e. The van der Waals surface area contributed by atoms with Crippen molar-refractivity contribution in [1.29, 1.82) is 5.26 Å². The smallest absolute Gasteiger partial charge is 0.254 e. The number of nitrogens with two attached hydrogens (primary N) is 1. The molecule has 2 aromatic heterocycles. The van der Waals surface area contributed by atoms with Crippen molar-refractivity contribution in [2.75, 3.05) is 11.4 Å². The van der Waals surface area contributed by atoms with E-state index in [4.69, 9.17) is 11.0 Å². The highest BCUT2D eigenvalue weighted by Gasteiger charge is 2.35. The predicted molar refractivity (Wildman–Crippen MR) is 92.2 cm³/mol. The number of alkyl halides is 1. The molecule has 1 amide bonds. The summed E-state index contributed by atoms with van der Waals surface area (Å²) in [5, 5.41) is 13.1. The van der Waals surface area contributed by atoms with Crippen molar-refractivity contribution in [1.82, 2.24) is 14.6 Å². The van der Waals surface area contributed by atoms with Crippen molar-refractivity contribution >= 4 is 17.4 Å². The molecule has 0 aliphatic carbocycles. The Hall–Kier alpha value is -3.54. The largest absolute Gasteiger partial charge is 0.365 e. The number of benzene rings is 1. The fraction of sp³-hybridized carbons (Fsp3) is 0.222. The van der Waals surface area contributed by atoms with E-state index in [1.807, 2.05) is 6.07 Å². The number of amides is 1. The number of aromatic nitrogens is 3. The molecular weight excluding hydrogens is 354 g/mol. The molecule has 4 rings (SSSR count). The SMILES string of the molecule is N#Cc1cc(F)cc([C@H]2C[C@H](F)CN2c2ccn3ncc(C(N)=O)c3n2)c1. The molecule has 9 heteroatoms. The first kappa shape index (κ1) is 16.9. The van der Waals surface area contributed by atoms with Gasteiger partial charge in [-0.05, 0) is 29.8 Å². The van der Waals surface area contributed by atoms with Crippen molar-refractivity contribution in [3.8, 4) is 6.07 Å². The Balaban J connectivity index is 1.79. The van der Waals surface area contributed by atoms with Gasteiger partial charge in [0.25, 0.3) is 5.91 Å². The summed E-state index contributed by atoms with van der Waals surface area (Å²) in [7, 11) is 0. The second-order valence-corrected chi connectivity index (χ2v) is 6.36. The number of carbonyl (C=O) groups is 1. The Morgan fingerprint density at radius 3 is 2.93 bits per heavy atom. The molecule has 27 heavy (non-hydrogen) atoms. The quantitative estimate of drug-likeness (QED) is 0.763. The molecule has 3 heterocycles. The summed E-state index contributed by atoms with van der Waals surface area (Å²) in [6, 6.07) is 7.03. The third-order valence-electron chi connectivity index (χ3n) is 4.60. The molecule has 1 fully saturated rings. The Morgan fingerprint density at radius 1 is 1.37 bits per heavy atom. The van der Waals surface area contributed by atoms with Crippen molar-refractivity contribution in [2.24, 2.45) is 5.73 Å². The van der Waals surface area contributed by atoms with Gasteiger partial charge in [-0.2, -0.15) is 10.4 Å². The van der Waals surface area contributed by atoms with Crippen LogP contribution in [-0.4, -0.2) is 33.2 Å². The van der Waals surface area contributed by atoms with Gasteiger partial charge in [-0.25, -0.2) is 18.3 Å². The zero-order valence-corrected chi connectivity index (χ0v) is 14.0. The Morgan fingerprint density at radius 2 is 2.19 bits per heavy atom. The van der Waals surface area contributed by atoms with Gasteiger partial charge >= 0.3 is 0 Å². The Labute approximate surface area is 152 Å². The van der Waals surface area contributed by atoms with Gasteiger partial charge < -0.3 is 10.6 Å². The lowest BCUT2D eigenvalue weighted by Crippen LogP contribution is -2.25. The van der Waals surface area contributed by atoms with Crippen molar-refractivity contribution in [2.45, 2.75) is 18.6 Å². The van der Waals surface area contributed by atoms with Gasteiger partial charge in [-0.3, -0.25) is 4.79 Å². The van der Waals surface area contributed by atoms with E-state index in [1.54, 1.807) is 23.2 Å². The van der Waals surface area contributed by atoms with Crippen molar-refractivity contribution in [3.63, 3.8) is 0 Å². The summed E-state index contributed by atoms with van der Waals surface area (Å²) < 4.78 is 29.5. The molecule has 136 valence electrons. The van der Waals surface area contributed by atoms with Crippen LogP contribution in [0.15, 0.2) is 36.7 Å². The van der Waals surface area contributed by atoms with Crippen molar-refractivity contribution < 1.29 is 13.6 Å². The average molecular weight is 368 g/mol. The van der Waals surface area contributed by atoms with Crippen LogP contribution in [0.5, 0.6) is 0 Å². The third kappa shape index (κ3) is 2.95. The minimum Gasteiger partial charge on any atom is -0.365 e. The molecule has 1 saturated heterocycles. The summed E-state index contributed by atoms with van der Waals surface area (Å²) in [5.74, 6) is -0.806. The summed E-state index contributed by atoms with van der Waals surface area (Å²) in [4.78, 5) is 17.6. The molecule has 0 unspecified atom stereocenters. The average Bonchev–Trinajstić information content (AvgIpc) is 3.24. The summed E-state index contributed by atoms with van der Waals surface area (Å²) in [6.07, 6.45) is 1.92. The zero-order valence-electron chi connectivity index (χ0n) is 14.0. The fourth-order valence-electron chi connectivity index (χ4n) is 3.42. The molecule has 2 N–H and O–H groups in total. The van der Waals surface area contributed by atoms with Crippen LogP contribution >= 0.6 is 0 Å². The lowest BCUT2D eigenvalue weighted by atomic mass is 10.0. The number of carbonyl (C=O) groups excluding carboxylic acids is 1. The molecule has 1 aliphatic heterocycles. The van der Waals surface area contributed by atoms with E-state index >= 15 is 0 Å². The minimum atomic E-state index is -1.14. The van der Waals surface area contributed by atoms with Gasteiger partial charge in [0.05, 0.1) is 30.4 Å². The zero-order chi connectivity index (χ0) is 19.1. The molecular formula is C18H14F2N6O. The van der Waals surface area contributed by atoms with Gasteiger partial charge in [0.2, 0.25) is 0 Å². The number of fused-ring (bicyclic) bond motifs is 1. The predicted octanol–water partition coefficient (Wildman–Crippen LogP) is 2.13. The van der Waals surface area contributed by atoms with E-state index in [-0.39, 0.29) is 29.7 Å². The minimum absolute atomic E-state index is 0.0618. The first-order valence-corrected chi connectivity index (χ1v) is 8.22. The molecule has 7 nitrogen and oxygen atoms in total. The molecule has 1 aliphatic rings. The third-order valence-corrected chi connectivity index (χ3v) is 4.60. The summed E-state index contributed by atoms with van der Waals surface area (Å²) in [5.41, 5.74) is 6.42. The molecule has 0 bridgehead atoms. The van der Waals surface area contributed by atoms with Crippen LogP contribution in [0, 0.1) is 17.1 Å². The molecule has 2 atom stereocenters. The van der Waals surface area contributed by atoms with E-state index in [0.717, 1.165) is 6.07 Å². The van der Waals surface area contributed by atoms with E-state index < -0.39 is 23.9 Å². The molecule has 0 radical (unpaired) electrons. The van der Waals surface area contributed by atoms with E-state index in [1.165, 1.54) is 16.8 Å². The van der Waals surface area contributed by atoms with Crippen LogP contribution < -0.4 is 10.6 Å². The monoisotopic (exact) mass is 368 g/mol. The van der Waals surface area contributed by atoms with E-state index in [2.05, 4.69) is 10.1 Å². The number of rotatable bonds is 3. The van der Waals surface area contributed by atoms with Crippen LogP contribution in [-0.2, 0) is 0 Å². The highest BCUT2D eigenvalue weighted by Crippen LogP contribution is 2.37. The van der Waals surface area contributed by atoms with Gasteiger partial charge in [0, 0.05) is 12.6 Å². The number of hydrogen-bond acceptors (Lipinski definition) is 5. The number of nitriles is 1. The molecule has 0 saturated carbocycles. The maximum atomic E-state index is 14.2. The first-order chi connectivity index (χ1) is 13.0. The summed E-state index contributed by atoms with van der Waals surface area (Å²) in [6.45, 7) is 0.0618. The van der Waals surface area contributed by atoms with Crippen molar-refractivity contribution in [3.05, 3.63) is 59.2 Å². The molecule has 1 aromatic carbocycles. The number of anilines is 1. The first-order valence-electron chi connectivity index (χ1n) is 8.22. The van der Waals surface area contributed by atoms with Crippen LogP contribution in [0.2, 0.25) is 0 Å². The highest BCUT2D eigenvalue weighted by atomic mass is 19.1.